The zero-order valence-electron chi connectivity index (χ0n) is 20.0. The van der Waals surface area contributed by atoms with Crippen molar-refractivity contribution in [1.29, 1.82) is 0 Å². The number of aliphatic imine (C=N–C) groups is 1. The van der Waals surface area contributed by atoms with Gasteiger partial charge in [0.05, 0.1) is 0 Å². The van der Waals surface area contributed by atoms with Crippen molar-refractivity contribution in [3.05, 3.63) is 69.9 Å². The van der Waals surface area contributed by atoms with E-state index in [0.29, 0.717) is 0 Å². The van der Waals surface area contributed by atoms with E-state index < -0.39 is 12.0 Å². The third-order valence-electron chi connectivity index (χ3n) is 5.94. The van der Waals surface area contributed by atoms with Crippen LogP contribution in [0.5, 0.6) is 0 Å². The second-order valence-corrected chi connectivity index (χ2v) is 9.01. The number of carboxylic acids is 1. The van der Waals surface area contributed by atoms with Crippen molar-refractivity contribution >= 4 is 12.2 Å². The molecule has 3 heteroatoms. The Kier molecular flexibility index (Phi) is 9.98. The van der Waals surface area contributed by atoms with Crippen LogP contribution < -0.4 is 0 Å². The molecule has 0 aliphatic heterocycles. The molecule has 1 N–H and O–H groups in total. The van der Waals surface area contributed by atoms with Gasteiger partial charge in [-0.25, -0.2) is 4.79 Å². The lowest BCUT2D eigenvalue weighted by atomic mass is 9.72. The quantitative estimate of drug-likeness (QED) is 0.335. The number of allylic oxidation sites excluding steroid dienone is 12. The minimum Gasteiger partial charge on any atom is -0.480 e. The molecule has 0 bridgehead atoms. The zero-order valence-corrected chi connectivity index (χ0v) is 20.0. The first-order valence-corrected chi connectivity index (χ1v) is 10.8. The van der Waals surface area contributed by atoms with Crippen molar-refractivity contribution in [2.24, 2.45) is 10.4 Å². The Labute approximate surface area is 183 Å². The predicted octanol–water partition coefficient (Wildman–Crippen LogP) is 7.40. The molecule has 0 aromatic heterocycles. The summed E-state index contributed by atoms with van der Waals surface area (Å²) in [6.07, 6.45) is 17.8. The number of carbonyl (C=O) groups is 1. The summed E-state index contributed by atoms with van der Waals surface area (Å²) in [6.45, 7) is 16.9. The smallest absolute Gasteiger partial charge is 0.328 e. The molecule has 0 heterocycles. The first-order chi connectivity index (χ1) is 14.0. The molecule has 164 valence electrons. The second-order valence-electron chi connectivity index (χ2n) is 9.01. The number of hydrogen-bond acceptors (Lipinski definition) is 2. The molecular formula is C27H39NO2. The van der Waals surface area contributed by atoms with E-state index >= 15 is 0 Å². The van der Waals surface area contributed by atoms with Gasteiger partial charge in [0.2, 0.25) is 0 Å². The van der Waals surface area contributed by atoms with Crippen LogP contribution >= 0.6 is 0 Å². The van der Waals surface area contributed by atoms with Gasteiger partial charge in [-0.1, -0.05) is 49.8 Å². The van der Waals surface area contributed by atoms with Crippen LogP contribution in [0.1, 0.15) is 74.7 Å². The highest BCUT2D eigenvalue weighted by molar-refractivity contribution is 5.79. The molecule has 0 aromatic rings. The molecule has 1 atom stereocenters. The van der Waals surface area contributed by atoms with Gasteiger partial charge < -0.3 is 5.11 Å². The van der Waals surface area contributed by atoms with Crippen molar-refractivity contribution in [2.45, 2.75) is 80.7 Å². The highest BCUT2D eigenvalue weighted by Crippen LogP contribution is 2.41. The molecule has 30 heavy (non-hydrogen) atoms. The first-order valence-electron chi connectivity index (χ1n) is 10.8. The summed E-state index contributed by atoms with van der Waals surface area (Å²) in [7, 11) is 0. The molecule has 1 aliphatic carbocycles. The van der Waals surface area contributed by atoms with Gasteiger partial charge in [-0.05, 0) is 100 Å². The molecular weight excluding hydrogens is 370 g/mol. The van der Waals surface area contributed by atoms with E-state index in [2.05, 4.69) is 63.9 Å². The van der Waals surface area contributed by atoms with Gasteiger partial charge >= 0.3 is 5.97 Å². The topological polar surface area (TPSA) is 49.7 Å². The number of aliphatic carboxylic acids is 1. The monoisotopic (exact) mass is 409 g/mol. The summed E-state index contributed by atoms with van der Waals surface area (Å²) in [5.74, 6) is -0.919. The molecule has 1 rings (SSSR count). The molecule has 0 radical (unpaired) electrons. The summed E-state index contributed by atoms with van der Waals surface area (Å²) in [5, 5.41) is 8.85. The van der Waals surface area contributed by atoms with Crippen LogP contribution in [-0.4, -0.2) is 23.3 Å². The van der Waals surface area contributed by atoms with Crippen LogP contribution in [0.4, 0.5) is 0 Å². The molecule has 0 amide bonds. The van der Waals surface area contributed by atoms with E-state index in [0.717, 1.165) is 11.1 Å². The Bertz CT molecular complexity index is 842. The first kappa shape index (κ1) is 25.6. The van der Waals surface area contributed by atoms with Crippen molar-refractivity contribution < 1.29 is 9.90 Å². The number of hydrogen-bond donors (Lipinski definition) is 1. The van der Waals surface area contributed by atoms with Gasteiger partial charge in [0, 0.05) is 6.21 Å². The SMILES string of the molecule is CC(=CC=CC=C(C)C(C)=CC1=C(C)CCCC1(C)C)C(C)=CC=N[C@@H](C)C(=O)O. The van der Waals surface area contributed by atoms with E-state index in [-0.39, 0.29) is 5.41 Å². The van der Waals surface area contributed by atoms with Gasteiger partial charge in [-0.15, -0.1) is 0 Å². The minimum absolute atomic E-state index is 0.259. The fourth-order valence-corrected chi connectivity index (χ4v) is 3.43. The number of rotatable bonds is 8. The predicted molar refractivity (Wildman–Crippen MR) is 130 cm³/mol. The highest BCUT2D eigenvalue weighted by Gasteiger charge is 2.26. The Hall–Kier alpha value is -2.42. The maximum atomic E-state index is 10.8. The maximum Gasteiger partial charge on any atom is 0.328 e. The van der Waals surface area contributed by atoms with Crippen LogP contribution in [0.25, 0.3) is 0 Å². The normalized spacial score (nSPS) is 20.4. The molecule has 0 fully saturated rings. The summed E-state index contributed by atoms with van der Waals surface area (Å²) >= 11 is 0. The Balaban J connectivity index is 2.84. The average Bonchev–Trinajstić information content (AvgIpc) is 2.66. The molecule has 0 unspecified atom stereocenters. The van der Waals surface area contributed by atoms with Crippen LogP contribution in [0.3, 0.4) is 0 Å². The maximum absolute atomic E-state index is 10.8. The van der Waals surface area contributed by atoms with Crippen molar-refractivity contribution in [1.82, 2.24) is 0 Å². The van der Waals surface area contributed by atoms with Crippen LogP contribution in [-0.2, 0) is 4.79 Å². The lowest BCUT2D eigenvalue weighted by Crippen LogP contribution is -2.19. The second kappa shape index (κ2) is 11.7. The fraction of sp³-hybridized carbons (Fsp3) is 0.481. The summed E-state index contributed by atoms with van der Waals surface area (Å²) < 4.78 is 0. The molecule has 0 spiro atoms. The molecule has 0 saturated heterocycles. The van der Waals surface area contributed by atoms with E-state index in [1.54, 1.807) is 13.1 Å². The van der Waals surface area contributed by atoms with Crippen LogP contribution in [0.15, 0.2) is 74.9 Å². The standard InChI is InChI=1S/C27H39NO2/c1-19(21(3)15-17-28-24(6)26(29)30)12-9-10-13-20(2)23(5)18-25-22(4)14-11-16-27(25,7)8/h9-10,12-13,15,17-18,24H,11,14,16H2,1-8H3,(H,29,30)/t24-/m0/s1. The zero-order chi connectivity index (χ0) is 22.9. The Morgan fingerprint density at radius 2 is 1.53 bits per heavy atom. The van der Waals surface area contributed by atoms with E-state index in [4.69, 9.17) is 5.11 Å². The summed E-state index contributed by atoms with van der Waals surface area (Å²) in [4.78, 5) is 14.8. The average molecular weight is 410 g/mol. The van der Waals surface area contributed by atoms with Crippen LogP contribution in [0, 0.1) is 5.41 Å². The third-order valence-corrected chi connectivity index (χ3v) is 5.94. The van der Waals surface area contributed by atoms with Gasteiger partial charge in [0.25, 0.3) is 0 Å². The molecule has 3 nitrogen and oxygen atoms in total. The molecule has 1 aliphatic rings. The van der Waals surface area contributed by atoms with Crippen molar-refractivity contribution in [3.8, 4) is 0 Å². The Morgan fingerprint density at radius 1 is 1.00 bits per heavy atom. The molecule has 0 saturated carbocycles. The fourth-order valence-electron chi connectivity index (χ4n) is 3.43. The van der Waals surface area contributed by atoms with E-state index in [1.807, 2.05) is 26.0 Å². The number of nitrogens with zero attached hydrogens (tertiary/aromatic N) is 1. The van der Waals surface area contributed by atoms with E-state index in [9.17, 15) is 4.79 Å². The largest absolute Gasteiger partial charge is 0.480 e. The van der Waals surface area contributed by atoms with Crippen LogP contribution in [0.2, 0.25) is 0 Å². The van der Waals surface area contributed by atoms with Crippen molar-refractivity contribution in [2.75, 3.05) is 0 Å². The number of carboxylic acid groups (broad SMARTS) is 1. The van der Waals surface area contributed by atoms with Gasteiger partial charge in [-0.2, -0.15) is 0 Å². The Morgan fingerprint density at radius 3 is 2.07 bits per heavy atom. The lowest BCUT2D eigenvalue weighted by Gasteiger charge is -2.33. The van der Waals surface area contributed by atoms with E-state index in [1.165, 1.54) is 41.6 Å². The summed E-state index contributed by atoms with van der Waals surface area (Å²) in [6, 6.07) is -0.721. The van der Waals surface area contributed by atoms with Gasteiger partial charge in [0.1, 0.15) is 6.04 Å². The third kappa shape index (κ3) is 8.14. The molecule has 0 aromatic carbocycles. The van der Waals surface area contributed by atoms with Crippen molar-refractivity contribution in [3.63, 3.8) is 0 Å². The van der Waals surface area contributed by atoms with Gasteiger partial charge in [0.15, 0.2) is 0 Å². The highest BCUT2D eigenvalue weighted by atomic mass is 16.4. The van der Waals surface area contributed by atoms with Gasteiger partial charge in [-0.3, -0.25) is 4.99 Å². The summed E-state index contributed by atoms with van der Waals surface area (Å²) in [5.41, 5.74) is 8.03. The minimum atomic E-state index is -0.919. The lowest BCUT2D eigenvalue weighted by molar-refractivity contribution is -0.137.